The summed E-state index contributed by atoms with van der Waals surface area (Å²) in [6.07, 6.45) is 1.08. The van der Waals surface area contributed by atoms with E-state index in [1.807, 2.05) is 11.9 Å². The standard InChI is InChI=1S/C27H26FN5O3S/c1-32-12-14-33(15-13-32)27(34)20-8-11-23-24(17-20)30-26(25(29-23)18-6-9-21(28)10-7-18)19-4-3-5-22(16-19)31-37(2,35)36/h3-11,16-17,31H,12-15H2,1-2H3. The van der Waals surface area contributed by atoms with E-state index in [2.05, 4.69) is 9.62 Å². The minimum atomic E-state index is -3.48. The van der Waals surface area contributed by atoms with Gasteiger partial charge in [0.25, 0.3) is 5.91 Å². The van der Waals surface area contributed by atoms with Crippen molar-refractivity contribution >= 4 is 32.7 Å². The van der Waals surface area contributed by atoms with E-state index in [1.165, 1.54) is 12.1 Å². The summed E-state index contributed by atoms with van der Waals surface area (Å²) in [6.45, 7) is 2.96. The SMILES string of the molecule is CN1CCN(C(=O)c2ccc3nc(-c4ccc(F)cc4)c(-c4cccc(NS(C)(=O)=O)c4)nc3c2)CC1. The van der Waals surface area contributed by atoms with Crippen LogP contribution in [0.25, 0.3) is 33.5 Å². The number of carbonyl (C=O) groups is 1. The third kappa shape index (κ3) is 5.60. The molecule has 190 valence electrons. The fourth-order valence-corrected chi connectivity index (χ4v) is 4.89. The summed E-state index contributed by atoms with van der Waals surface area (Å²) in [5, 5.41) is 0. The molecule has 1 aliphatic rings. The smallest absolute Gasteiger partial charge is 0.254 e. The zero-order valence-electron chi connectivity index (χ0n) is 20.5. The van der Waals surface area contributed by atoms with E-state index in [9.17, 15) is 17.6 Å². The van der Waals surface area contributed by atoms with E-state index < -0.39 is 10.0 Å². The molecule has 0 radical (unpaired) electrons. The Morgan fingerprint density at radius 2 is 1.54 bits per heavy atom. The summed E-state index contributed by atoms with van der Waals surface area (Å²) < 4.78 is 39.7. The second-order valence-electron chi connectivity index (χ2n) is 9.18. The number of aromatic nitrogens is 2. The molecule has 2 heterocycles. The van der Waals surface area contributed by atoms with Crippen LogP contribution >= 0.6 is 0 Å². The second-order valence-corrected chi connectivity index (χ2v) is 10.9. The first-order valence-corrected chi connectivity index (χ1v) is 13.7. The molecule has 1 N–H and O–H groups in total. The van der Waals surface area contributed by atoms with Crippen LogP contribution in [0.2, 0.25) is 0 Å². The number of piperazine rings is 1. The molecule has 3 aromatic carbocycles. The number of carbonyl (C=O) groups excluding carboxylic acids is 1. The van der Waals surface area contributed by atoms with E-state index in [1.54, 1.807) is 54.6 Å². The molecule has 8 nitrogen and oxygen atoms in total. The van der Waals surface area contributed by atoms with Crippen molar-refractivity contribution in [1.29, 1.82) is 0 Å². The molecule has 0 bridgehead atoms. The van der Waals surface area contributed by atoms with Crippen LogP contribution in [0, 0.1) is 5.82 Å². The first kappa shape index (κ1) is 24.8. The number of likely N-dealkylation sites (N-methyl/N-ethyl adjacent to an activating group) is 1. The van der Waals surface area contributed by atoms with Crippen molar-refractivity contribution in [2.45, 2.75) is 0 Å². The van der Waals surface area contributed by atoms with Crippen molar-refractivity contribution < 1.29 is 17.6 Å². The molecule has 0 spiro atoms. The average Bonchev–Trinajstić information content (AvgIpc) is 2.87. The number of sulfonamides is 1. The highest BCUT2D eigenvalue weighted by molar-refractivity contribution is 7.92. The van der Waals surface area contributed by atoms with Crippen molar-refractivity contribution in [2.24, 2.45) is 0 Å². The number of nitrogens with zero attached hydrogens (tertiary/aromatic N) is 4. The number of fused-ring (bicyclic) bond motifs is 1. The fraction of sp³-hybridized carbons (Fsp3) is 0.222. The number of hydrogen-bond acceptors (Lipinski definition) is 6. The van der Waals surface area contributed by atoms with Gasteiger partial charge >= 0.3 is 0 Å². The molecule has 5 rings (SSSR count). The van der Waals surface area contributed by atoms with Crippen molar-refractivity contribution in [3.05, 3.63) is 78.1 Å². The highest BCUT2D eigenvalue weighted by atomic mass is 32.2. The average molecular weight is 520 g/mol. The molecule has 0 atom stereocenters. The molecule has 1 aliphatic heterocycles. The van der Waals surface area contributed by atoms with Crippen molar-refractivity contribution in [1.82, 2.24) is 19.8 Å². The maximum Gasteiger partial charge on any atom is 0.254 e. The van der Waals surface area contributed by atoms with Gasteiger partial charge in [0.15, 0.2) is 0 Å². The molecule has 10 heteroatoms. The van der Waals surface area contributed by atoms with Gasteiger partial charge in [-0.2, -0.15) is 0 Å². The lowest BCUT2D eigenvalue weighted by atomic mass is 10.0. The van der Waals surface area contributed by atoms with Crippen LogP contribution in [0.3, 0.4) is 0 Å². The van der Waals surface area contributed by atoms with Gasteiger partial charge in [0.2, 0.25) is 10.0 Å². The third-order valence-corrected chi connectivity index (χ3v) is 6.87. The van der Waals surface area contributed by atoms with Gasteiger partial charge in [-0.3, -0.25) is 9.52 Å². The Hall–Kier alpha value is -3.89. The zero-order valence-corrected chi connectivity index (χ0v) is 21.3. The van der Waals surface area contributed by atoms with Gasteiger partial charge in [0, 0.05) is 48.6 Å². The summed E-state index contributed by atoms with van der Waals surface area (Å²) >= 11 is 0. The monoisotopic (exact) mass is 519 g/mol. The number of hydrogen-bond donors (Lipinski definition) is 1. The Labute approximate surface area is 214 Å². The number of halogens is 1. The predicted molar refractivity (Wildman–Crippen MR) is 142 cm³/mol. The minimum absolute atomic E-state index is 0.0553. The molecule has 1 saturated heterocycles. The Balaban J connectivity index is 1.62. The van der Waals surface area contributed by atoms with Gasteiger partial charge in [-0.15, -0.1) is 0 Å². The number of nitrogens with one attached hydrogen (secondary N) is 1. The van der Waals surface area contributed by atoms with Crippen LogP contribution in [0.4, 0.5) is 10.1 Å². The van der Waals surface area contributed by atoms with Gasteiger partial charge in [0.1, 0.15) is 5.82 Å². The number of rotatable bonds is 5. The van der Waals surface area contributed by atoms with Crippen LogP contribution in [0.15, 0.2) is 66.7 Å². The Morgan fingerprint density at radius 3 is 2.24 bits per heavy atom. The summed E-state index contributed by atoms with van der Waals surface area (Å²) in [5.41, 5.74) is 4.31. The van der Waals surface area contributed by atoms with Gasteiger partial charge in [-0.05, 0) is 61.6 Å². The van der Waals surface area contributed by atoms with E-state index in [0.717, 1.165) is 19.3 Å². The van der Waals surface area contributed by atoms with Crippen molar-refractivity contribution in [2.75, 3.05) is 44.2 Å². The van der Waals surface area contributed by atoms with Gasteiger partial charge in [-0.1, -0.05) is 12.1 Å². The Bertz CT molecular complexity index is 1580. The predicted octanol–water partition coefficient (Wildman–Crippen LogP) is 3.86. The lowest BCUT2D eigenvalue weighted by molar-refractivity contribution is 0.0664. The fourth-order valence-electron chi connectivity index (χ4n) is 4.33. The molecule has 0 unspecified atom stereocenters. The summed E-state index contributed by atoms with van der Waals surface area (Å²) in [5.74, 6) is -0.425. The largest absolute Gasteiger partial charge is 0.336 e. The van der Waals surface area contributed by atoms with Crippen LogP contribution < -0.4 is 4.72 Å². The number of amides is 1. The first-order chi connectivity index (χ1) is 17.7. The van der Waals surface area contributed by atoms with Crippen molar-refractivity contribution in [3.8, 4) is 22.5 Å². The summed E-state index contributed by atoms with van der Waals surface area (Å²) in [4.78, 5) is 26.9. The topological polar surface area (TPSA) is 95.5 Å². The van der Waals surface area contributed by atoms with Crippen LogP contribution in [0.5, 0.6) is 0 Å². The second kappa shape index (κ2) is 9.87. The van der Waals surface area contributed by atoms with Crippen LogP contribution in [0.1, 0.15) is 10.4 Å². The normalized spacial score (nSPS) is 14.6. The first-order valence-electron chi connectivity index (χ1n) is 11.8. The molecule has 4 aromatic rings. The Morgan fingerprint density at radius 1 is 0.865 bits per heavy atom. The maximum absolute atomic E-state index is 13.6. The summed E-state index contributed by atoms with van der Waals surface area (Å²) in [7, 11) is -1.44. The molecule has 1 fully saturated rings. The molecule has 37 heavy (non-hydrogen) atoms. The highest BCUT2D eigenvalue weighted by Crippen LogP contribution is 2.33. The van der Waals surface area contributed by atoms with E-state index in [0.29, 0.717) is 57.9 Å². The Kier molecular flexibility index (Phi) is 6.61. The molecule has 0 aliphatic carbocycles. The lowest BCUT2D eigenvalue weighted by Crippen LogP contribution is -2.47. The van der Waals surface area contributed by atoms with E-state index >= 15 is 0 Å². The van der Waals surface area contributed by atoms with E-state index in [-0.39, 0.29) is 11.7 Å². The van der Waals surface area contributed by atoms with Gasteiger partial charge in [-0.25, -0.2) is 22.8 Å². The quantitative estimate of drug-likeness (QED) is 0.430. The number of benzene rings is 3. The maximum atomic E-state index is 13.6. The lowest BCUT2D eigenvalue weighted by Gasteiger charge is -2.32. The molecular formula is C27H26FN5O3S. The molecule has 1 aromatic heterocycles. The summed E-state index contributed by atoms with van der Waals surface area (Å²) in [6, 6.07) is 18.0. The molecule has 0 saturated carbocycles. The highest BCUT2D eigenvalue weighted by Gasteiger charge is 2.21. The van der Waals surface area contributed by atoms with Crippen LogP contribution in [-0.4, -0.2) is 73.6 Å². The molecule has 1 amide bonds. The van der Waals surface area contributed by atoms with Crippen LogP contribution in [-0.2, 0) is 10.0 Å². The van der Waals surface area contributed by atoms with Gasteiger partial charge in [0.05, 0.1) is 28.7 Å². The number of anilines is 1. The van der Waals surface area contributed by atoms with E-state index in [4.69, 9.17) is 9.97 Å². The van der Waals surface area contributed by atoms with Crippen molar-refractivity contribution in [3.63, 3.8) is 0 Å². The third-order valence-electron chi connectivity index (χ3n) is 6.26. The van der Waals surface area contributed by atoms with Gasteiger partial charge < -0.3 is 9.80 Å². The minimum Gasteiger partial charge on any atom is -0.336 e. The molecular weight excluding hydrogens is 493 g/mol. The zero-order chi connectivity index (χ0) is 26.2.